The number of unbranched alkanes of at least 4 members (excludes halogenated alkanes) is 11. The zero-order valence-corrected chi connectivity index (χ0v) is 14.1. The summed E-state index contributed by atoms with van der Waals surface area (Å²) in [6.07, 6.45) is 18.3. The van der Waals surface area contributed by atoms with Crippen LogP contribution in [0.4, 0.5) is 0 Å². The molecule has 0 bridgehead atoms. The summed E-state index contributed by atoms with van der Waals surface area (Å²) >= 11 is 0. The molecule has 1 radical (unpaired) electrons. The van der Waals surface area contributed by atoms with Crippen LogP contribution >= 0.6 is 0 Å². The molecule has 0 saturated carbocycles. The molecule has 0 aromatic rings. The van der Waals surface area contributed by atoms with Crippen LogP contribution < -0.4 is 0 Å². The van der Waals surface area contributed by atoms with Crippen molar-refractivity contribution in [3.63, 3.8) is 0 Å². The largest absolute Gasteiger partial charge is 0.300 e. The minimum absolute atomic E-state index is 0.0957. The Kier molecular flexibility index (Phi) is 14.8. The van der Waals surface area contributed by atoms with E-state index in [1.165, 1.54) is 77.0 Å². The lowest BCUT2D eigenvalue weighted by Crippen LogP contribution is -1.89. The summed E-state index contributed by atoms with van der Waals surface area (Å²) in [6, 6.07) is 0. The lowest BCUT2D eigenvalue weighted by Gasteiger charge is -2.04. The van der Waals surface area contributed by atoms with E-state index in [9.17, 15) is 4.79 Å². The predicted molar refractivity (Wildman–Crippen MR) is 89.8 cm³/mol. The smallest absolute Gasteiger partial charge is 0.133 e. The summed E-state index contributed by atoms with van der Waals surface area (Å²) in [5.41, 5.74) is 0. The van der Waals surface area contributed by atoms with Crippen molar-refractivity contribution in [2.45, 2.75) is 104 Å². The van der Waals surface area contributed by atoms with E-state index in [-0.39, 0.29) is 5.78 Å². The number of carbonyl (C=O) groups is 1. The molecule has 0 aliphatic heterocycles. The molecule has 0 atom stereocenters. The minimum Gasteiger partial charge on any atom is -0.300 e. The van der Waals surface area contributed by atoms with E-state index in [1.54, 1.807) is 0 Å². The first kappa shape index (κ1) is 19.7. The van der Waals surface area contributed by atoms with Crippen LogP contribution in [0.5, 0.6) is 0 Å². The summed E-state index contributed by atoms with van der Waals surface area (Å²) in [4.78, 5) is 10.7. The Bertz CT molecular complexity index is 208. The number of carbonyl (C=O) groups excluding carboxylic acids is 1. The number of rotatable bonds is 15. The molecule has 0 heterocycles. The molecule has 0 aromatic heterocycles. The Morgan fingerprint density at radius 1 is 0.700 bits per heavy atom. The highest BCUT2D eigenvalue weighted by Gasteiger charge is 1.96. The summed E-state index contributed by atoms with van der Waals surface area (Å²) in [5.74, 6) is 0.972. The van der Waals surface area contributed by atoms with Crippen molar-refractivity contribution in [1.29, 1.82) is 0 Å². The molecule has 20 heavy (non-hydrogen) atoms. The van der Waals surface area contributed by atoms with E-state index in [2.05, 4.69) is 20.8 Å². The zero-order chi connectivity index (χ0) is 15.1. The molecule has 119 valence electrons. The van der Waals surface area contributed by atoms with Crippen molar-refractivity contribution in [1.82, 2.24) is 0 Å². The molecule has 0 saturated heterocycles. The van der Waals surface area contributed by atoms with Gasteiger partial charge in [0.25, 0.3) is 0 Å². The Labute approximate surface area is 127 Å². The third-order valence-electron chi connectivity index (χ3n) is 3.99. The van der Waals surface area contributed by atoms with E-state index in [0.29, 0.717) is 6.42 Å². The number of Topliss-reactive ketones (excluding diaryl/α,β-unsaturated/α-hetero) is 1. The Morgan fingerprint density at radius 3 is 1.40 bits per heavy atom. The van der Waals surface area contributed by atoms with Gasteiger partial charge in [-0.3, -0.25) is 4.79 Å². The molecular weight excluding hydrogens is 244 g/mol. The van der Waals surface area contributed by atoms with Gasteiger partial charge in [-0.1, -0.05) is 90.9 Å². The molecule has 1 nitrogen and oxygen atoms in total. The molecule has 1 heteroatoms. The topological polar surface area (TPSA) is 17.1 Å². The van der Waals surface area contributed by atoms with E-state index < -0.39 is 0 Å². The second-order valence-corrected chi connectivity index (χ2v) is 6.71. The maximum atomic E-state index is 10.7. The molecule has 0 N–H and O–H groups in total. The minimum atomic E-state index is 0.0957. The van der Waals surface area contributed by atoms with Gasteiger partial charge in [0.15, 0.2) is 0 Å². The van der Waals surface area contributed by atoms with Crippen LogP contribution in [-0.4, -0.2) is 5.78 Å². The van der Waals surface area contributed by atoms with E-state index in [4.69, 9.17) is 0 Å². The van der Waals surface area contributed by atoms with Crippen molar-refractivity contribution in [3.8, 4) is 0 Å². The number of hydrogen-bond acceptors (Lipinski definition) is 1. The molecule has 0 aliphatic carbocycles. The fourth-order valence-electron chi connectivity index (χ4n) is 2.64. The fourth-order valence-corrected chi connectivity index (χ4v) is 2.64. The van der Waals surface area contributed by atoms with Gasteiger partial charge in [-0.25, -0.2) is 0 Å². The fraction of sp³-hybridized carbons (Fsp3) is 0.895. The molecule has 0 spiro atoms. The van der Waals surface area contributed by atoms with Crippen molar-refractivity contribution in [3.05, 3.63) is 6.92 Å². The normalized spacial score (nSPS) is 11.2. The average Bonchev–Trinajstić information content (AvgIpc) is 2.38. The van der Waals surface area contributed by atoms with Crippen LogP contribution in [-0.2, 0) is 4.79 Å². The van der Waals surface area contributed by atoms with Gasteiger partial charge in [0.2, 0.25) is 0 Å². The summed E-state index contributed by atoms with van der Waals surface area (Å²) in [6.45, 7) is 8.04. The second-order valence-electron chi connectivity index (χ2n) is 6.71. The molecule has 0 aliphatic rings. The average molecular weight is 282 g/mol. The van der Waals surface area contributed by atoms with Crippen molar-refractivity contribution in [2.24, 2.45) is 5.92 Å². The molecule has 0 aromatic carbocycles. The molecule has 0 fully saturated rings. The number of hydrogen-bond donors (Lipinski definition) is 0. The van der Waals surface area contributed by atoms with Gasteiger partial charge in [-0.05, 0) is 12.3 Å². The standard InChI is InChI=1S/C19H37O/c1-18(2)16-14-12-10-8-6-4-5-7-9-11-13-15-17-19(3)20/h18H,3-17H2,1-2H3. The highest BCUT2D eigenvalue weighted by Crippen LogP contribution is 2.14. The first-order chi connectivity index (χ1) is 9.63. The predicted octanol–water partition coefficient (Wildman–Crippen LogP) is 6.51. The monoisotopic (exact) mass is 281 g/mol. The molecule has 0 rings (SSSR count). The third-order valence-corrected chi connectivity index (χ3v) is 3.99. The van der Waals surface area contributed by atoms with Crippen LogP contribution in [0.1, 0.15) is 104 Å². The van der Waals surface area contributed by atoms with Crippen LogP contribution in [0.2, 0.25) is 0 Å². The van der Waals surface area contributed by atoms with Gasteiger partial charge in [0.05, 0.1) is 0 Å². The van der Waals surface area contributed by atoms with Gasteiger partial charge < -0.3 is 0 Å². The van der Waals surface area contributed by atoms with Gasteiger partial charge >= 0.3 is 0 Å². The summed E-state index contributed by atoms with van der Waals surface area (Å²) in [7, 11) is 0. The highest BCUT2D eigenvalue weighted by atomic mass is 16.1. The lowest BCUT2D eigenvalue weighted by molar-refractivity contribution is -0.114. The SMILES string of the molecule is [CH2]C(=O)CCCCCCCCCCCCCCC(C)C. The zero-order valence-electron chi connectivity index (χ0n) is 14.1. The summed E-state index contributed by atoms with van der Waals surface area (Å²) < 4.78 is 0. The van der Waals surface area contributed by atoms with Crippen LogP contribution in [0.15, 0.2) is 0 Å². The highest BCUT2D eigenvalue weighted by molar-refractivity contribution is 5.82. The Morgan fingerprint density at radius 2 is 1.05 bits per heavy atom. The quantitative estimate of drug-likeness (QED) is 0.313. The number of ketones is 1. The molecule has 0 amide bonds. The van der Waals surface area contributed by atoms with Crippen molar-refractivity contribution < 1.29 is 4.79 Å². The maximum absolute atomic E-state index is 10.7. The van der Waals surface area contributed by atoms with Crippen LogP contribution in [0, 0.1) is 12.8 Å². The molecule has 0 unspecified atom stereocenters. The Balaban J connectivity index is 2.97. The second kappa shape index (κ2) is 15.1. The molecular formula is C19H37O. The van der Waals surface area contributed by atoms with Gasteiger partial charge in [-0.2, -0.15) is 0 Å². The van der Waals surface area contributed by atoms with Crippen molar-refractivity contribution in [2.75, 3.05) is 0 Å². The maximum Gasteiger partial charge on any atom is 0.133 e. The lowest BCUT2D eigenvalue weighted by atomic mass is 10.0. The van der Waals surface area contributed by atoms with Crippen LogP contribution in [0.3, 0.4) is 0 Å². The first-order valence-corrected chi connectivity index (χ1v) is 8.97. The van der Waals surface area contributed by atoms with E-state index in [0.717, 1.165) is 12.3 Å². The first-order valence-electron chi connectivity index (χ1n) is 8.97. The van der Waals surface area contributed by atoms with Crippen LogP contribution in [0.25, 0.3) is 0 Å². The third kappa shape index (κ3) is 17.7. The van der Waals surface area contributed by atoms with Crippen molar-refractivity contribution >= 4 is 5.78 Å². The Hall–Kier alpha value is -0.330. The van der Waals surface area contributed by atoms with Gasteiger partial charge in [0.1, 0.15) is 5.78 Å². The van der Waals surface area contributed by atoms with E-state index >= 15 is 0 Å². The van der Waals surface area contributed by atoms with Gasteiger partial charge in [-0.15, -0.1) is 0 Å². The van der Waals surface area contributed by atoms with E-state index in [1.807, 2.05) is 0 Å². The van der Waals surface area contributed by atoms with Gasteiger partial charge in [0, 0.05) is 13.3 Å². The summed E-state index contributed by atoms with van der Waals surface area (Å²) in [5, 5.41) is 0.